The fourth-order valence-corrected chi connectivity index (χ4v) is 5.34. The topological polar surface area (TPSA) is 96.3 Å². The number of nitriles is 1. The van der Waals surface area contributed by atoms with Crippen molar-refractivity contribution in [2.45, 2.75) is 48.6 Å². The second kappa shape index (κ2) is 8.57. The summed E-state index contributed by atoms with van der Waals surface area (Å²) in [4.78, 5) is 11.7. The summed E-state index contributed by atoms with van der Waals surface area (Å²) in [7, 11) is -3.88. The SMILES string of the molecule is C[C@@H](Oc1ccc(S(=O)(=O)C2CC[C@@H](C(=O)NCC#N)C2)c(Cl)c1)C(F)(F)F. The number of nitrogens with zero attached hydrogens (tertiary/aromatic N) is 1. The maximum Gasteiger partial charge on any atom is 0.425 e. The van der Waals surface area contributed by atoms with Crippen molar-refractivity contribution in [2.75, 3.05) is 6.54 Å². The molecular formula is C17H18ClF3N2O4S. The Hall–Kier alpha value is -1.99. The van der Waals surface area contributed by atoms with E-state index in [1.807, 2.05) is 0 Å². The average Bonchev–Trinajstić information content (AvgIpc) is 3.09. The molecule has 0 aromatic heterocycles. The number of ether oxygens (including phenoxy) is 1. The van der Waals surface area contributed by atoms with Gasteiger partial charge in [0.15, 0.2) is 15.9 Å². The van der Waals surface area contributed by atoms with Gasteiger partial charge in [-0.15, -0.1) is 0 Å². The minimum absolute atomic E-state index is 0.0826. The van der Waals surface area contributed by atoms with Crippen LogP contribution < -0.4 is 10.1 Å². The Kier molecular flexibility index (Phi) is 6.83. The van der Waals surface area contributed by atoms with Crippen molar-refractivity contribution in [3.05, 3.63) is 23.2 Å². The third kappa shape index (κ3) is 5.08. The third-order valence-electron chi connectivity index (χ3n) is 4.52. The Balaban J connectivity index is 2.14. The maximum atomic E-state index is 12.8. The highest BCUT2D eigenvalue weighted by atomic mass is 35.5. The van der Waals surface area contributed by atoms with E-state index in [1.54, 1.807) is 6.07 Å². The average molecular weight is 439 g/mol. The van der Waals surface area contributed by atoms with Gasteiger partial charge in [0.1, 0.15) is 12.3 Å². The van der Waals surface area contributed by atoms with E-state index in [0.29, 0.717) is 6.42 Å². The second-order valence-corrected chi connectivity index (χ2v) is 9.05. The molecule has 11 heteroatoms. The minimum atomic E-state index is -4.57. The predicted octanol–water partition coefficient (Wildman–Crippen LogP) is 3.25. The molecular weight excluding hydrogens is 421 g/mol. The number of rotatable bonds is 6. The molecule has 1 aliphatic carbocycles. The van der Waals surface area contributed by atoms with Crippen LogP contribution in [0.3, 0.4) is 0 Å². The van der Waals surface area contributed by atoms with Crippen LogP contribution in [-0.2, 0) is 14.6 Å². The lowest BCUT2D eigenvalue weighted by atomic mass is 10.1. The summed E-state index contributed by atoms with van der Waals surface area (Å²) in [6.07, 6.45) is -5.97. The molecule has 2 rings (SSSR count). The number of nitrogens with one attached hydrogen (secondary N) is 1. The fraction of sp³-hybridized carbons (Fsp3) is 0.529. The first kappa shape index (κ1) is 22.3. The lowest BCUT2D eigenvalue weighted by Crippen LogP contribution is -2.31. The summed E-state index contributed by atoms with van der Waals surface area (Å²) in [6.45, 7) is 0.672. The Bertz CT molecular complexity index is 883. The largest absolute Gasteiger partial charge is 0.481 e. The second-order valence-electron chi connectivity index (χ2n) is 6.45. The van der Waals surface area contributed by atoms with Crippen LogP contribution in [0, 0.1) is 17.2 Å². The quantitative estimate of drug-likeness (QED) is 0.688. The van der Waals surface area contributed by atoms with Gasteiger partial charge < -0.3 is 10.1 Å². The predicted molar refractivity (Wildman–Crippen MR) is 94.5 cm³/mol. The zero-order chi connectivity index (χ0) is 21.1. The van der Waals surface area contributed by atoms with Gasteiger partial charge in [-0.3, -0.25) is 4.79 Å². The first-order valence-corrected chi connectivity index (χ1v) is 10.3. The van der Waals surface area contributed by atoms with Gasteiger partial charge in [0, 0.05) is 12.0 Å². The molecule has 0 radical (unpaired) electrons. The summed E-state index contributed by atoms with van der Waals surface area (Å²) in [5.74, 6) is -1.11. The molecule has 0 aliphatic heterocycles. The number of amides is 1. The Morgan fingerprint density at radius 3 is 2.68 bits per heavy atom. The minimum Gasteiger partial charge on any atom is -0.481 e. The van der Waals surface area contributed by atoms with Gasteiger partial charge in [-0.05, 0) is 38.3 Å². The molecule has 1 aromatic rings. The summed E-state index contributed by atoms with van der Waals surface area (Å²) in [6, 6.07) is 5.03. The molecule has 3 atom stereocenters. The lowest BCUT2D eigenvalue weighted by molar-refractivity contribution is -0.189. The zero-order valence-corrected chi connectivity index (χ0v) is 16.4. The molecule has 1 unspecified atom stereocenters. The number of alkyl halides is 3. The highest BCUT2D eigenvalue weighted by molar-refractivity contribution is 7.92. The van der Waals surface area contributed by atoms with Crippen LogP contribution in [-0.4, -0.2) is 38.4 Å². The smallest absolute Gasteiger partial charge is 0.425 e. The van der Waals surface area contributed by atoms with Gasteiger partial charge in [-0.25, -0.2) is 8.42 Å². The van der Waals surface area contributed by atoms with Gasteiger partial charge in [0.2, 0.25) is 5.91 Å². The molecule has 6 nitrogen and oxygen atoms in total. The number of carbonyl (C=O) groups is 1. The Labute approximate surface area is 165 Å². The van der Waals surface area contributed by atoms with Gasteiger partial charge in [0.25, 0.3) is 0 Å². The molecule has 1 aliphatic rings. The van der Waals surface area contributed by atoms with Crippen molar-refractivity contribution >= 4 is 27.3 Å². The van der Waals surface area contributed by atoms with Crippen molar-refractivity contribution in [3.8, 4) is 11.8 Å². The van der Waals surface area contributed by atoms with Crippen molar-refractivity contribution in [1.82, 2.24) is 5.32 Å². The molecule has 0 spiro atoms. The number of halogens is 4. The van der Waals surface area contributed by atoms with Gasteiger partial charge >= 0.3 is 6.18 Å². The van der Waals surface area contributed by atoms with E-state index < -0.39 is 33.3 Å². The fourth-order valence-electron chi connectivity index (χ4n) is 2.97. The van der Waals surface area contributed by atoms with Crippen molar-refractivity contribution in [1.29, 1.82) is 5.26 Å². The van der Waals surface area contributed by atoms with E-state index >= 15 is 0 Å². The van der Waals surface area contributed by atoms with Gasteiger partial charge in [-0.2, -0.15) is 18.4 Å². The normalized spacial score (nSPS) is 21.0. The molecule has 154 valence electrons. The van der Waals surface area contributed by atoms with Gasteiger partial charge in [-0.1, -0.05) is 11.6 Å². The van der Waals surface area contributed by atoms with Crippen molar-refractivity contribution in [2.24, 2.45) is 5.92 Å². The number of hydrogen-bond acceptors (Lipinski definition) is 5. The maximum absolute atomic E-state index is 12.8. The molecule has 1 fully saturated rings. The van der Waals surface area contributed by atoms with Crippen LogP contribution in [0.1, 0.15) is 26.2 Å². The summed E-state index contributed by atoms with van der Waals surface area (Å²) in [5, 5.41) is 9.81. The molecule has 0 heterocycles. The lowest BCUT2D eigenvalue weighted by Gasteiger charge is -2.19. The van der Waals surface area contributed by atoms with E-state index in [9.17, 15) is 26.4 Å². The molecule has 0 saturated heterocycles. The van der Waals surface area contributed by atoms with Crippen LogP contribution in [0.15, 0.2) is 23.1 Å². The van der Waals surface area contributed by atoms with E-state index in [1.165, 1.54) is 0 Å². The van der Waals surface area contributed by atoms with Crippen LogP contribution in [0.5, 0.6) is 5.75 Å². The highest BCUT2D eigenvalue weighted by Gasteiger charge is 2.40. The van der Waals surface area contributed by atoms with Crippen molar-refractivity contribution in [3.63, 3.8) is 0 Å². The van der Waals surface area contributed by atoms with Crippen LogP contribution in [0.25, 0.3) is 0 Å². The standard InChI is InChI=1S/C17H18ClF3N2O4S/c1-10(17(19,20)21)27-12-3-5-15(14(18)9-12)28(25,26)13-4-2-11(8-13)16(24)23-7-6-22/h3,5,9-11,13H,2,4,7-8H2,1H3,(H,23,24)/t10-,11-,13?/m1/s1. The molecule has 0 bridgehead atoms. The summed E-state index contributed by atoms with van der Waals surface area (Å²) in [5.41, 5.74) is 0. The molecule has 1 aromatic carbocycles. The van der Waals surface area contributed by atoms with E-state index in [-0.39, 0.29) is 41.0 Å². The molecule has 1 saturated carbocycles. The molecule has 1 N–H and O–H groups in total. The zero-order valence-electron chi connectivity index (χ0n) is 14.8. The monoisotopic (exact) mass is 438 g/mol. The van der Waals surface area contributed by atoms with E-state index in [4.69, 9.17) is 21.6 Å². The highest BCUT2D eigenvalue weighted by Crippen LogP contribution is 2.37. The number of hydrogen-bond donors (Lipinski definition) is 1. The van der Waals surface area contributed by atoms with Crippen molar-refractivity contribution < 1.29 is 31.1 Å². The first-order valence-electron chi connectivity index (χ1n) is 8.38. The van der Waals surface area contributed by atoms with Crippen LogP contribution >= 0.6 is 11.6 Å². The summed E-state index contributed by atoms with van der Waals surface area (Å²) >= 11 is 6.00. The van der Waals surface area contributed by atoms with E-state index in [0.717, 1.165) is 25.1 Å². The third-order valence-corrected chi connectivity index (χ3v) is 7.22. The molecule has 28 heavy (non-hydrogen) atoms. The Morgan fingerprint density at radius 2 is 2.11 bits per heavy atom. The van der Waals surface area contributed by atoms with Gasteiger partial charge in [0.05, 0.1) is 21.2 Å². The number of carbonyl (C=O) groups excluding carboxylic acids is 1. The molecule has 1 amide bonds. The number of benzene rings is 1. The van der Waals surface area contributed by atoms with E-state index in [2.05, 4.69) is 5.32 Å². The number of sulfone groups is 1. The van der Waals surface area contributed by atoms with Crippen LogP contribution in [0.4, 0.5) is 13.2 Å². The summed E-state index contributed by atoms with van der Waals surface area (Å²) < 4.78 is 68.2. The first-order chi connectivity index (χ1) is 13.0. The van der Waals surface area contributed by atoms with Crippen LogP contribution in [0.2, 0.25) is 5.02 Å². The Morgan fingerprint density at radius 1 is 1.43 bits per heavy atom.